The van der Waals surface area contributed by atoms with Gasteiger partial charge in [-0.25, -0.2) is 0 Å². The molecule has 0 unspecified atom stereocenters. The number of rotatable bonds is 5. The molecule has 2 amide bonds. The monoisotopic (exact) mass is 326 g/mol. The Morgan fingerprint density at radius 2 is 2.12 bits per heavy atom. The van der Waals surface area contributed by atoms with Gasteiger partial charge in [-0.2, -0.15) is 0 Å². The first kappa shape index (κ1) is 16.3. The van der Waals surface area contributed by atoms with Crippen molar-refractivity contribution < 1.29 is 14.0 Å². The highest BCUT2D eigenvalue weighted by Gasteiger charge is 2.20. The molecular weight excluding hydrogens is 304 g/mol. The molecule has 2 aromatic rings. The Bertz CT molecular complexity index is 751. The summed E-state index contributed by atoms with van der Waals surface area (Å²) < 4.78 is 5.53. The molecule has 0 saturated carbocycles. The summed E-state index contributed by atoms with van der Waals surface area (Å²) >= 11 is 0. The second kappa shape index (κ2) is 6.91. The van der Waals surface area contributed by atoms with Crippen molar-refractivity contribution >= 4 is 11.8 Å². The molecule has 1 aromatic heterocycles. The van der Waals surface area contributed by atoms with Crippen LogP contribution in [0.15, 0.2) is 40.8 Å². The smallest absolute Gasteiger partial charge is 0.254 e. The highest BCUT2D eigenvalue weighted by molar-refractivity contribution is 5.94. The highest BCUT2D eigenvalue weighted by Crippen LogP contribution is 2.17. The molecule has 5 heteroatoms. The van der Waals surface area contributed by atoms with Gasteiger partial charge in [-0.05, 0) is 43.2 Å². The molecule has 2 heterocycles. The zero-order valence-corrected chi connectivity index (χ0v) is 14.1. The van der Waals surface area contributed by atoms with Crippen LogP contribution in [0.5, 0.6) is 0 Å². The Kier molecular flexibility index (Phi) is 4.69. The standard InChI is InChI=1S/C19H22N2O3/c1-14-8-9-17(24-14)13-20(2)19(23)16-6-3-5-15(11-16)12-21-10-4-7-18(21)22/h3,5-6,8-9,11H,4,7,10,12-13H2,1-2H3. The van der Waals surface area contributed by atoms with Crippen LogP contribution >= 0.6 is 0 Å². The molecular formula is C19H22N2O3. The van der Waals surface area contributed by atoms with E-state index in [0.29, 0.717) is 25.1 Å². The van der Waals surface area contributed by atoms with E-state index in [1.54, 1.807) is 11.9 Å². The minimum atomic E-state index is -0.0568. The number of amides is 2. The Morgan fingerprint density at radius 1 is 1.29 bits per heavy atom. The summed E-state index contributed by atoms with van der Waals surface area (Å²) in [7, 11) is 1.76. The number of carbonyl (C=O) groups is 2. The third-order valence-corrected chi connectivity index (χ3v) is 4.25. The third-order valence-electron chi connectivity index (χ3n) is 4.25. The van der Waals surface area contributed by atoms with E-state index in [2.05, 4.69) is 0 Å². The van der Waals surface area contributed by atoms with Crippen LogP contribution in [0.4, 0.5) is 0 Å². The van der Waals surface area contributed by atoms with Crippen LogP contribution in [0.1, 0.15) is 40.3 Å². The van der Waals surface area contributed by atoms with Gasteiger partial charge in [0.25, 0.3) is 5.91 Å². The van der Waals surface area contributed by atoms with Gasteiger partial charge in [-0.1, -0.05) is 12.1 Å². The van der Waals surface area contributed by atoms with E-state index in [0.717, 1.165) is 30.0 Å². The van der Waals surface area contributed by atoms with E-state index in [-0.39, 0.29) is 11.8 Å². The average Bonchev–Trinajstić information content (AvgIpc) is 3.15. The van der Waals surface area contributed by atoms with Gasteiger partial charge >= 0.3 is 0 Å². The first-order chi connectivity index (χ1) is 11.5. The molecule has 24 heavy (non-hydrogen) atoms. The summed E-state index contributed by atoms with van der Waals surface area (Å²) in [5, 5.41) is 0. The van der Waals surface area contributed by atoms with Crippen LogP contribution in [0.25, 0.3) is 0 Å². The topological polar surface area (TPSA) is 53.8 Å². The molecule has 0 radical (unpaired) electrons. The largest absolute Gasteiger partial charge is 0.464 e. The number of nitrogens with zero attached hydrogens (tertiary/aromatic N) is 2. The van der Waals surface area contributed by atoms with Crippen LogP contribution < -0.4 is 0 Å². The number of furan rings is 1. The van der Waals surface area contributed by atoms with E-state index in [1.807, 2.05) is 48.2 Å². The number of likely N-dealkylation sites (tertiary alicyclic amines) is 1. The fourth-order valence-corrected chi connectivity index (χ4v) is 2.99. The fourth-order valence-electron chi connectivity index (χ4n) is 2.99. The predicted octanol–water partition coefficient (Wildman–Crippen LogP) is 2.98. The maximum absolute atomic E-state index is 12.6. The molecule has 3 rings (SSSR count). The summed E-state index contributed by atoms with van der Waals surface area (Å²) in [6.45, 7) is 3.69. The number of hydrogen-bond acceptors (Lipinski definition) is 3. The van der Waals surface area contributed by atoms with E-state index < -0.39 is 0 Å². The second-order valence-corrected chi connectivity index (χ2v) is 6.29. The average molecular weight is 326 g/mol. The van der Waals surface area contributed by atoms with Crippen molar-refractivity contribution in [3.63, 3.8) is 0 Å². The minimum absolute atomic E-state index is 0.0568. The Labute approximate surface area is 141 Å². The number of benzene rings is 1. The molecule has 1 saturated heterocycles. The zero-order chi connectivity index (χ0) is 17.1. The summed E-state index contributed by atoms with van der Waals surface area (Å²) in [5.74, 6) is 1.74. The van der Waals surface area contributed by atoms with Crippen LogP contribution in [0.2, 0.25) is 0 Å². The van der Waals surface area contributed by atoms with Gasteiger partial charge < -0.3 is 14.2 Å². The minimum Gasteiger partial charge on any atom is -0.464 e. The first-order valence-corrected chi connectivity index (χ1v) is 8.20. The van der Waals surface area contributed by atoms with Gasteiger partial charge in [0, 0.05) is 32.1 Å². The van der Waals surface area contributed by atoms with Crippen LogP contribution in [0.3, 0.4) is 0 Å². The summed E-state index contributed by atoms with van der Waals surface area (Å²) in [4.78, 5) is 27.8. The van der Waals surface area contributed by atoms with Crippen LogP contribution in [-0.2, 0) is 17.9 Å². The van der Waals surface area contributed by atoms with Crippen LogP contribution in [0, 0.1) is 6.92 Å². The third kappa shape index (κ3) is 3.67. The van der Waals surface area contributed by atoms with E-state index in [1.165, 1.54) is 0 Å². The quantitative estimate of drug-likeness (QED) is 0.849. The Hall–Kier alpha value is -2.56. The number of hydrogen-bond donors (Lipinski definition) is 0. The first-order valence-electron chi connectivity index (χ1n) is 8.20. The summed E-state index contributed by atoms with van der Waals surface area (Å²) in [6, 6.07) is 11.3. The molecule has 1 fully saturated rings. The van der Waals surface area contributed by atoms with Crippen molar-refractivity contribution in [1.82, 2.24) is 9.80 Å². The number of aryl methyl sites for hydroxylation is 1. The molecule has 126 valence electrons. The lowest BCUT2D eigenvalue weighted by Crippen LogP contribution is -2.27. The number of carbonyl (C=O) groups excluding carboxylic acids is 2. The van der Waals surface area contributed by atoms with Crippen molar-refractivity contribution in [3.05, 3.63) is 59.0 Å². The summed E-state index contributed by atoms with van der Waals surface area (Å²) in [6.07, 6.45) is 1.55. The van der Waals surface area contributed by atoms with Gasteiger partial charge in [-0.15, -0.1) is 0 Å². The predicted molar refractivity (Wildman–Crippen MR) is 90.3 cm³/mol. The van der Waals surface area contributed by atoms with E-state index in [4.69, 9.17) is 4.42 Å². The molecule has 1 aromatic carbocycles. The van der Waals surface area contributed by atoms with Crippen LogP contribution in [-0.4, -0.2) is 35.2 Å². The van der Waals surface area contributed by atoms with E-state index in [9.17, 15) is 9.59 Å². The van der Waals surface area contributed by atoms with Crippen molar-refractivity contribution in [2.75, 3.05) is 13.6 Å². The van der Waals surface area contributed by atoms with Crippen molar-refractivity contribution in [2.24, 2.45) is 0 Å². The Balaban J connectivity index is 1.68. The van der Waals surface area contributed by atoms with Gasteiger partial charge in [0.1, 0.15) is 11.5 Å². The van der Waals surface area contributed by atoms with Gasteiger partial charge in [0.15, 0.2) is 0 Å². The van der Waals surface area contributed by atoms with Crippen molar-refractivity contribution in [3.8, 4) is 0 Å². The molecule has 0 atom stereocenters. The lowest BCUT2D eigenvalue weighted by atomic mass is 10.1. The lowest BCUT2D eigenvalue weighted by molar-refractivity contribution is -0.128. The maximum Gasteiger partial charge on any atom is 0.254 e. The second-order valence-electron chi connectivity index (χ2n) is 6.29. The highest BCUT2D eigenvalue weighted by atomic mass is 16.3. The molecule has 0 aliphatic carbocycles. The van der Waals surface area contributed by atoms with Crippen molar-refractivity contribution in [2.45, 2.75) is 32.9 Å². The molecule has 0 N–H and O–H groups in total. The maximum atomic E-state index is 12.6. The zero-order valence-electron chi connectivity index (χ0n) is 14.1. The van der Waals surface area contributed by atoms with Crippen molar-refractivity contribution in [1.29, 1.82) is 0 Å². The lowest BCUT2D eigenvalue weighted by Gasteiger charge is -2.18. The Morgan fingerprint density at radius 3 is 2.79 bits per heavy atom. The molecule has 0 bridgehead atoms. The van der Waals surface area contributed by atoms with Gasteiger partial charge in [0.2, 0.25) is 5.91 Å². The normalized spacial score (nSPS) is 14.2. The fraction of sp³-hybridized carbons (Fsp3) is 0.368. The summed E-state index contributed by atoms with van der Waals surface area (Å²) in [5.41, 5.74) is 1.61. The molecule has 1 aliphatic heterocycles. The molecule has 1 aliphatic rings. The SMILES string of the molecule is Cc1ccc(CN(C)C(=O)c2cccc(CN3CCCC3=O)c2)o1. The van der Waals surface area contributed by atoms with Gasteiger partial charge in [-0.3, -0.25) is 9.59 Å². The van der Waals surface area contributed by atoms with Gasteiger partial charge in [0.05, 0.1) is 6.54 Å². The van der Waals surface area contributed by atoms with E-state index >= 15 is 0 Å². The molecule has 5 nitrogen and oxygen atoms in total. The molecule has 0 spiro atoms.